The molecule has 1 atom stereocenters. The van der Waals surface area contributed by atoms with Crippen LogP contribution in [-0.2, 0) is 27.2 Å². The van der Waals surface area contributed by atoms with E-state index in [0.717, 1.165) is 23.3 Å². The lowest BCUT2D eigenvalue weighted by atomic mass is 9.95. The van der Waals surface area contributed by atoms with E-state index in [1.54, 1.807) is 43.3 Å². The first-order chi connectivity index (χ1) is 17.5. The average Bonchev–Trinajstić information content (AvgIpc) is 2.88. The SMILES string of the molecule is CCS(=O)(=O)c1ccc(Cc2cc(C3CN(c4ccc(C(F)(F)F)cc4)CCO3)ccc2C(N)=O)cc1. The smallest absolute Gasteiger partial charge is 0.370 e. The zero-order valence-electron chi connectivity index (χ0n) is 20.2. The number of hydrogen-bond donors (Lipinski definition) is 1. The molecule has 3 aromatic rings. The van der Waals surface area contributed by atoms with E-state index in [1.807, 2.05) is 11.0 Å². The number of benzene rings is 3. The highest BCUT2D eigenvalue weighted by atomic mass is 32.2. The van der Waals surface area contributed by atoms with Gasteiger partial charge in [0.25, 0.3) is 0 Å². The molecule has 0 spiro atoms. The number of carbonyl (C=O) groups excluding carboxylic acids is 1. The van der Waals surface area contributed by atoms with E-state index < -0.39 is 27.5 Å². The number of nitrogens with zero attached hydrogens (tertiary/aromatic N) is 1. The van der Waals surface area contributed by atoms with Crippen molar-refractivity contribution in [2.75, 3.05) is 30.3 Å². The lowest BCUT2D eigenvalue weighted by molar-refractivity contribution is -0.137. The molecule has 0 bridgehead atoms. The highest BCUT2D eigenvalue weighted by Crippen LogP contribution is 2.32. The van der Waals surface area contributed by atoms with Gasteiger partial charge in [-0.2, -0.15) is 13.2 Å². The molecule has 1 amide bonds. The van der Waals surface area contributed by atoms with E-state index in [1.165, 1.54) is 12.1 Å². The fourth-order valence-corrected chi connectivity index (χ4v) is 5.23. The minimum atomic E-state index is -4.39. The minimum absolute atomic E-state index is 0.00505. The minimum Gasteiger partial charge on any atom is -0.370 e. The Hall–Kier alpha value is -3.37. The molecule has 1 heterocycles. The van der Waals surface area contributed by atoms with Crippen LogP contribution in [0.1, 0.15) is 45.6 Å². The molecular formula is C27H27F3N2O4S. The van der Waals surface area contributed by atoms with E-state index in [-0.39, 0.29) is 16.8 Å². The van der Waals surface area contributed by atoms with Gasteiger partial charge in [0.15, 0.2) is 9.84 Å². The van der Waals surface area contributed by atoms with Crippen molar-refractivity contribution in [3.8, 4) is 0 Å². The molecule has 37 heavy (non-hydrogen) atoms. The molecule has 0 aromatic heterocycles. The van der Waals surface area contributed by atoms with Crippen molar-refractivity contribution >= 4 is 21.4 Å². The molecule has 1 unspecified atom stereocenters. The summed E-state index contributed by atoms with van der Waals surface area (Å²) in [6.07, 6.45) is -4.41. The van der Waals surface area contributed by atoms with Crippen LogP contribution >= 0.6 is 0 Å². The summed E-state index contributed by atoms with van der Waals surface area (Å²) in [4.78, 5) is 14.3. The van der Waals surface area contributed by atoms with Gasteiger partial charge < -0.3 is 15.4 Å². The monoisotopic (exact) mass is 532 g/mol. The lowest BCUT2D eigenvalue weighted by Gasteiger charge is -2.35. The second-order valence-corrected chi connectivity index (χ2v) is 11.1. The summed E-state index contributed by atoms with van der Waals surface area (Å²) >= 11 is 0. The third kappa shape index (κ3) is 6.14. The molecule has 1 fully saturated rings. The fraction of sp³-hybridized carbons (Fsp3) is 0.296. The first-order valence-electron chi connectivity index (χ1n) is 11.8. The Bertz CT molecular complexity index is 1370. The summed E-state index contributed by atoms with van der Waals surface area (Å²) in [5.41, 5.74) is 8.20. The van der Waals surface area contributed by atoms with Crippen LogP contribution < -0.4 is 10.6 Å². The number of carbonyl (C=O) groups is 1. The summed E-state index contributed by atoms with van der Waals surface area (Å²) in [5, 5.41) is 0. The maximum atomic E-state index is 12.9. The van der Waals surface area contributed by atoms with Gasteiger partial charge in [0.2, 0.25) is 5.91 Å². The van der Waals surface area contributed by atoms with E-state index in [2.05, 4.69) is 0 Å². The summed E-state index contributed by atoms with van der Waals surface area (Å²) in [7, 11) is -3.32. The molecule has 4 rings (SSSR count). The Balaban J connectivity index is 1.56. The average molecular weight is 533 g/mol. The molecule has 0 radical (unpaired) electrons. The van der Waals surface area contributed by atoms with Crippen LogP contribution in [0, 0.1) is 0 Å². The Labute approximate surface area is 213 Å². The number of halogens is 3. The number of morpholine rings is 1. The molecule has 0 saturated carbocycles. The largest absolute Gasteiger partial charge is 0.416 e. The van der Waals surface area contributed by atoms with Gasteiger partial charge in [0.1, 0.15) is 6.10 Å². The third-order valence-corrected chi connectivity index (χ3v) is 8.20. The third-order valence-electron chi connectivity index (χ3n) is 6.45. The van der Waals surface area contributed by atoms with Gasteiger partial charge in [-0.15, -0.1) is 0 Å². The molecular weight excluding hydrogens is 505 g/mol. The number of sulfone groups is 1. The van der Waals surface area contributed by atoms with Crippen molar-refractivity contribution in [1.82, 2.24) is 0 Å². The summed E-state index contributed by atoms with van der Waals surface area (Å²) in [6.45, 7) is 2.91. The molecule has 0 aliphatic carbocycles. The lowest BCUT2D eigenvalue weighted by Crippen LogP contribution is -2.38. The number of hydrogen-bond acceptors (Lipinski definition) is 5. The fourth-order valence-electron chi connectivity index (χ4n) is 4.35. The molecule has 1 aliphatic rings. The first-order valence-corrected chi connectivity index (χ1v) is 13.4. The van der Waals surface area contributed by atoms with Crippen molar-refractivity contribution in [2.45, 2.75) is 30.5 Å². The first kappa shape index (κ1) is 26.7. The van der Waals surface area contributed by atoms with E-state index in [4.69, 9.17) is 10.5 Å². The van der Waals surface area contributed by atoms with E-state index in [9.17, 15) is 26.4 Å². The van der Waals surface area contributed by atoms with Gasteiger partial charge in [-0.05, 0) is 65.6 Å². The van der Waals surface area contributed by atoms with Gasteiger partial charge >= 0.3 is 6.18 Å². The molecule has 2 N–H and O–H groups in total. The molecule has 10 heteroatoms. The molecule has 6 nitrogen and oxygen atoms in total. The predicted octanol–water partition coefficient (Wildman–Crippen LogP) is 4.77. The van der Waals surface area contributed by atoms with E-state index in [0.29, 0.717) is 42.9 Å². The highest BCUT2D eigenvalue weighted by Gasteiger charge is 2.30. The summed E-state index contributed by atoms with van der Waals surface area (Å²) in [6, 6.07) is 16.8. The van der Waals surface area contributed by atoms with Crippen molar-refractivity contribution in [1.29, 1.82) is 0 Å². The Morgan fingerprint density at radius 1 is 1.05 bits per heavy atom. The molecule has 3 aromatic carbocycles. The topological polar surface area (TPSA) is 89.7 Å². The highest BCUT2D eigenvalue weighted by molar-refractivity contribution is 7.91. The van der Waals surface area contributed by atoms with Crippen LogP contribution in [-0.4, -0.2) is 39.8 Å². The second-order valence-electron chi connectivity index (χ2n) is 8.86. The van der Waals surface area contributed by atoms with Gasteiger partial charge in [-0.1, -0.05) is 31.2 Å². The number of anilines is 1. The number of rotatable bonds is 7. The molecule has 196 valence electrons. The summed E-state index contributed by atoms with van der Waals surface area (Å²) in [5.74, 6) is -0.576. The quantitative estimate of drug-likeness (QED) is 0.474. The number of alkyl halides is 3. The number of nitrogens with two attached hydrogens (primary N) is 1. The maximum Gasteiger partial charge on any atom is 0.416 e. The number of primary amides is 1. The van der Waals surface area contributed by atoms with Gasteiger partial charge in [0.05, 0.1) is 22.8 Å². The predicted molar refractivity (Wildman–Crippen MR) is 134 cm³/mol. The standard InChI is InChI=1S/C27H27F3N2O4S/c1-2-37(34,35)23-10-3-18(4-11-23)15-20-16-19(5-12-24(20)26(31)33)25-17-32(13-14-36-25)22-8-6-21(7-9-22)27(28,29)30/h3-12,16,25H,2,13-15,17H2,1H3,(H2,31,33). The Kier molecular flexibility index (Phi) is 7.61. The zero-order valence-corrected chi connectivity index (χ0v) is 21.0. The maximum absolute atomic E-state index is 12.9. The number of ether oxygens (including phenoxy) is 1. The molecule has 1 saturated heterocycles. The molecule has 1 aliphatic heterocycles. The van der Waals surface area contributed by atoms with Crippen LogP contribution in [0.3, 0.4) is 0 Å². The van der Waals surface area contributed by atoms with Crippen molar-refractivity contribution in [2.24, 2.45) is 5.73 Å². The van der Waals surface area contributed by atoms with Crippen LogP contribution in [0.2, 0.25) is 0 Å². The van der Waals surface area contributed by atoms with Crippen molar-refractivity contribution in [3.05, 3.63) is 94.5 Å². The Morgan fingerprint density at radius 3 is 2.32 bits per heavy atom. The Morgan fingerprint density at radius 2 is 1.73 bits per heavy atom. The van der Waals surface area contributed by atoms with E-state index >= 15 is 0 Å². The zero-order chi connectivity index (χ0) is 26.8. The van der Waals surface area contributed by atoms with Crippen LogP contribution in [0.5, 0.6) is 0 Å². The van der Waals surface area contributed by atoms with Crippen LogP contribution in [0.25, 0.3) is 0 Å². The van der Waals surface area contributed by atoms with Gasteiger partial charge in [0, 0.05) is 24.3 Å². The van der Waals surface area contributed by atoms with Crippen molar-refractivity contribution < 1.29 is 31.1 Å². The van der Waals surface area contributed by atoms with Crippen LogP contribution in [0.15, 0.2) is 71.6 Å². The second kappa shape index (κ2) is 10.5. The van der Waals surface area contributed by atoms with Gasteiger partial charge in [-0.25, -0.2) is 8.42 Å². The van der Waals surface area contributed by atoms with Crippen LogP contribution in [0.4, 0.5) is 18.9 Å². The van der Waals surface area contributed by atoms with Gasteiger partial charge in [-0.3, -0.25) is 4.79 Å². The number of amides is 1. The normalized spacial score (nSPS) is 16.5. The summed E-state index contributed by atoms with van der Waals surface area (Å²) < 4.78 is 68.9. The van der Waals surface area contributed by atoms with Crippen molar-refractivity contribution in [3.63, 3.8) is 0 Å².